The van der Waals surface area contributed by atoms with E-state index in [0.29, 0.717) is 28.8 Å². The van der Waals surface area contributed by atoms with Crippen LogP contribution in [0, 0.1) is 13.8 Å². The second-order valence-electron chi connectivity index (χ2n) is 6.25. The highest BCUT2D eigenvalue weighted by molar-refractivity contribution is 5.93. The van der Waals surface area contributed by atoms with Gasteiger partial charge < -0.3 is 14.0 Å². The third kappa shape index (κ3) is 4.16. The molecule has 0 aliphatic rings. The van der Waals surface area contributed by atoms with Gasteiger partial charge in [-0.3, -0.25) is 4.79 Å². The van der Waals surface area contributed by atoms with E-state index in [-0.39, 0.29) is 18.8 Å². The Hall–Kier alpha value is -3.15. The van der Waals surface area contributed by atoms with Crippen molar-refractivity contribution in [2.24, 2.45) is 0 Å². The lowest BCUT2D eigenvalue weighted by Gasteiger charge is -2.10. The van der Waals surface area contributed by atoms with Gasteiger partial charge in [0.25, 0.3) is 5.56 Å². The molecule has 0 aliphatic carbocycles. The van der Waals surface area contributed by atoms with Crippen molar-refractivity contribution in [2.75, 3.05) is 13.2 Å². The minimum atomic E-state index is -0.446. The topological polar surface area (TPSA) is 70.4 Å². The maximum Gasteiger partial charge on any atom is 0.338 e. The van der Waals surface area contributed by atoms with Crippen molar-refractivity contribution in [1.29, 1.82) is 0 Å². The van der Waals surface area contributed by atoms with E-state index >= 15 is 0 Å². The number of aryl methyl sites for hydroxylation is 3. The van der Waals surface area contributed by atoms with E-state index in [9.17, 15) is 9.59 Å². The van der Waals surface area contributed by atoms with Gasteiger partial charge in [0.05, 0.1) is 16.6 Å². The van der Waals surface area contributed by atoms with E-state index in [1.54, 1.807) is 29.7 Å². The summed E-state index contributed by atoms with van der Waals surface area (Å²) in [6.07, 6.45) is 0. The molecule has 0 fully saturated rings. The molecule has 0 amide bonds. The van der Waals surface area contributed by atoms with Crippen LogP contribution in [0.5, 0.6) is 5.75 Å². The molecule has 6 nitrogen and oxygen atoms in total. The van der Waals surface area contributed by atoms with Crippen LogP contribution < -0.4 is 10.3 Å². The molecule has 2 aromatic carbocycles. The lowest BCUT2D eigenvalue weighted by atomic mass is 10.2. The summed E-state index contributed by atoms with van der Waals surface area (Å²) < 4.78 is 12.5. The molecule has 0 N–H and O–H groups in total. The number of nitrogens with zero attached hydrogens (tertiary/aromatic N) is 2. The van der Waals surface area contributed by atoms with Crippen LogP contribution in [0.3, 0.4) is 0 Å². The number of ether oxygens (including phenoxy) is 2. The Morgan fingerprint density at radius 3 is 2.67 bits per heavy atom. The molecule has 27 heavy (non-hydrogen) atoms. The van der Waals surface area contributed by atoms with Crippen LogP contribution in [0.15, 0.2) is 47.3 Å². The Kier molecular flexibility index (Phi) is 5.54. The maximum atomic E-state index is 12.3. The summed E-state index contributed by atoms with van der Waals surface area (Å²) >= 11 is 0. The van der Waals surface area contributed by atoms with Gasteiger partial charge in [0.1, 0.15) is 24.7 Å². The molecular weight excluding hydrogens is 344 g/mol. The summed E-state index contributed by atoms with van der Waals surface area (Å²) in [7, 11) is 0. The first-order valence-corrected chi connectivity index (χ1v) is 8.87. The molecule has 0 saturated heterocycles. The minimum absolute atomic E-state index is 0.117. The second-order valence-corrected chi connectivity index (χ2v) is 6.25. The fraction of sp³-hybridized carbons (Fsp3) is 0.286. The Morgan fingerprint density at radius 2 is 1.93 bits per heavy atom. The van der Waals surface area contributed by atoms with Gasteiger partial charge in [0.2, 0.25) is 0 Å². The number of carbonyl (C=O) groups is 1. The van der Waals surface area contributed by atoms with Crippen molar-refractivity contribution < 1.29 is 14.3 Å². The molecule has 1 aromatic heterocycles. The number of benzene rings is 2. The van der Waals surface area contributed by atoms with Crippen molar-refractivity contribution in [1.82, 2.24) is 9.55 Å². The second kappa shape index (κ2) is 8.03. The summed E-state index contributed by atoms with van der Waals surface area (Å²) in [5, 5.41) is 0. The molecule has 3 aromatic rings. The van der Waals surface area contributed by atoms with Gasteiger partial charge in [-0.1, -0.05) is 12.1 Å². The average molecular weight is 366 g/mol. The SMILES string of the molecule is CCn1c(=O)c(C)nc2cc(C(=O)OCCOc3cccc(C)c3)ccc21. The van der Waals surface area contributed by atoms with Gasteiger partial charge in [0.15, 0.2) is 0 Å². The molecule has 0 radical (unpaired) electrons. The fourth-order valence-electron chi connectivity index (χ4n) is 2.90. The Morgan fingerprint density at radius 1 is 1.11 bits per heavy atom. The first-order chi connectivity index (χ1) is 13.0. The van der Waals surface area contributed by atoms with Crippen molar-refractivity contribution >= 4 is 17.0 Å². The summed E-state index contributed by atoms with van der Waals surface area (Å²) in [5.41, 5.74) is 3.09. The first kappa shape index (κ1) is 18.6. The molecule has 0 unspecified atom stereocenters. The van der Waals surface area contributed by atoms with E-state index in [2.05, 4.69) is 4.98 Å². The molecule has 1 heterocycles. The van der Waals surface area contributed by atoms with Crippen LogP contribution in [0.25, 0.3) is 11.0 Å². The summed E-state index contributed by atoms with van der Waals surface area (Å²) in [5.74, 6) is 0.299. The molecule has 0 aliphatic heterocycles. The van der Waals surface area contributed by atoms with Crippen LogP contribution >= 0.6 is 0 Å². The van der Waals surface area contributed by atoms with Gasteiger partial charge >= 0.3 is 5.97 Å². The number of aromatic nitrogens is 2. The van der Waals surface area contributed by atoms with Gasteiger partial charge in [-0.25, -0.2) is 9.78 Å². The summed E-state index contributed by atoms with van der Waals surface area (Å²) in [6, 6.07) is 12.7. The Labute approximate surface area is 157 Å². The van der Waals surface area contributed by atoms with Gasteiger partial charge in [-0.2, -0.15) is 0 Å². The third-order valence-corrected chi connectivity index (χ3v) is 4.24. The standard InChI is InChI=1S/C21H22N2O4/c1-4-23-19-9-8-16(13-18(19)22-15(3)20(23)24)21(25)27-11-10-26-17-7-5-6-14(2)12-17/h5-9,12-13H,4,10-11H2,1-3H3. The van der Waals surface area contributed by atoms with Crippen LogP contribution in [0.2, 0.25) is 0 Å². The number of rotatable bonds is 6. The van der Waals surface area contributed by atoms with Crippen molar-refractivity contribution in [3.05, 3.63) is 69.6 Å². The van der Waals surface area contributed by atoms with Gasteiger partial charge in [-0.15, -0.1) is 0 Å². The first-order valence-electron chi connectivity index (χ1n) is 8.87. The molecule has 0 saturated carbocycles. The summed E-state index contributed by atoms with van der Waals surface area (Å²) in [6.45, 7) is 6.51. The van der Waals surface area contributed by atoms with Crippen molar-refractivity contribution in [3.8, 4) is 5.75 Å². The van der Waals surface area contributed by atoms with E-state index in [0.717, 1.165) is 11.3 Å². The fourth-order valence-corrected chi connectivity index (χ4v) is 2.90. The smallest absolute Gasteiger partial charge is 0.338 e. The number of esters is 1. The normalized spacial score (nSPS) is 10.8. The highest BCUT2D eigenvalue weighted by Crippen LogP contribution is 2.15. The largest absolute Gasteiger partial charge is 0.490 e. The number of hydrogen-bond acceptors (Lipinski definition) is 5. The zero-order valence-electron chi connectivity index (χ0n) is 15.7. The highest BCUT2D eigenvalue weighted by Gasteiger charge is 2.12. The summed E-state index contributed by atoms with van der Waals surface area (Å²) in [4.78, 5) is 28.7. The Bertz CT molecular complexity index is 1040. The highest BCUT2D eigenvalue weighted by atomic mass is 16.6. The number of hydrogen-bond donors (Lipinski definition) is 0. The van der Waals surface area contributed by atoms with Crippen LogP contribution in [-0.2, 0) is 11.3 Å². The Balaban J connectivity index is 1.67. The zero-order chi connectivity index (χ0) is 19.4. The molecular formula is C21H22N2O4. The monoisotopic (exact) mass is 366 g/mol. The van der Waals surface area contributed by atoms with Crippen LogP contribution in [-0.4, -0.2) is 28.7 Å². The van der Waals surface area contributed by atoms with Gasteiger partial charge in [0, 0.05) is 6.54 Å². The number of carbonyl (C=O) groups excluding carboxylic acids is 1. The van der Waals surface area contributed by atoms with Crippen LogP contribution in [0.4, 0.5) is 0 Å². The molecule has 0 spiro atoms. The molecule has 140 valence electrons. The molecule has 3 rings (SSSR count). The molecule has 0 bridgehead atoms. The lowest BCUT2D eigenvalue weighted by molar-refractivity contribution is 0.0450. The lowest BCUT2D eigenvalue weighted by Crippen LogP contribution is -2.23. The predicted octanol–water partition coefficient (Wildman–Crippen LogP) is 3.27. The zero-order valence-corrected chi connectivity index (χ0v) is 15.7. The van der Waals surface area contributed by atoms with E-state index in [4.69, 9.17) is 9.47 Å². The molecule has 6 heteroatoms. The number of fused-ring (bicyclic) bond motifs is 1. The van der Waals surface area contributed by atoms with Crippen molar-refractivity contribution in [2.45, 2.75) is 27.3 Å². The van der Waals surface area contributed by atoms with E-state index < -0.39 is 5.97 Å². The van der Waals surface area contributed by atoms with Crippen molar-refractivity contribution in [3.63, 3.8) is 0 Å². The maximum absolute atomic E-state index is 12.3. The minimum Gasteiger partial charge on any atom is -0.490 e. The average Bonchev–Trinajstić information content (AvgIpc) is 2.66. The van der Waals surface area contributed by atoms with Crippen LogP contribution in [0.1, 0.15) is 28.5 Å². The third-order valence-electron chi connectivity index (χ3n) is 4.24. The van der Waals surface area contributed by atoms with E-state index in [1.807, 2.05) is 38.1 Å². The predicted molar refractivity (Wildman–Crippen MR) is 103 cm³/mol. The van der Waals surface area contributed by atoms with E-state index in [1.165, 1.54) is 0 Å². The van der Waals surface area contributed by atoms with Gasteiger partial charge in [-0.05, 0) is 56.7 Å². The quantitative estimate of drug-likeness (QED) is 0.495. The molecule has 0 atom stereocenters.